The van der Waals surface area contributed by atoms with Crippen LogP contribution in [0.3, 0.4) is 0 Å². The quantitative estimate of drug-likeness (QED) is 0.327. The van der Waals surface area contributed by atoms with Crippen LogP contribution in [0, 0.1) is 0 Å². The molecule has 5 rings (SSSR count). The van der Waals surface area contributed by atoms with E-state index in [1.165, 1.54) is 4.68 Å². The van der Waals surface area contributed by atoms with Crippen molar-refractivity contribution in [3.63, 3.8) is 0 Å². The molecule has 0 amide bonds. The minimum Gasteiger partial charge on any atom is -0.539 e. The molecule has 0 spiro atoms. The maximum Gasteiger partial charge on any atom is 0.312 e. The molecule has 0 aliphatic heterocycles. The molecule has 0 unspecified atom stereocenters. The average Bonchev–Trinajstić information content (AvgIpc) is 3.39. The van der Waals surface area contributed by atoms with Gasteiger partial charge in [0, 0.05) is 23.1 Å². The number of rotatable bonds is 5. The van der Waals surface area contributed by atoms with E-state index in [1.54, 1.807) is 31.4 Å². The monoisotopic (exact) mass is 444 g/mol. The highest BCUT2D eigenvalue weighted by Crippen LogP contribution is 2.36. The highest BCUT2D eigenvalue weighted by molar-refractivity contribution is 7.21. The zero-order valence-electron chi connectivity index (χ0n) is 16.8. The molecular weight excluding hydrogens is 428 g/mol. The molecule has 158 valence electrons. The fourth-order valence-corrected chi connectivity index (χ4v) is 4.43. The van der Waals surface area contributed by atoms with Gasteiger partial charge >= 0.3 is 5.69 Å². The summed E-state index contributed by atoms with van der Waals surface area (Å²) < 4.78 is 11.2. The number of aromatic nitrogens is 3. The number of hydrogen-bond acceptors (Lipinski definition) is 8. The summed E-state index contributed by atoms with van der Waals surface area (Å²) in [6, 6.07) is 20.0. The molecule has 32 heavy (non-hydrogen) atoms. The molecule has 9 heteroatoms. The van der Waals surface area contributed by atoms with Crippen molar-refractivity contribution in [1.82, 2.24) is 10.3 Å². The lowest BCUT2D eigenvalue weighted by Gasteiger charge is -2.04. The van der Waals surface area contributed by atoms with E-state index in [0.717, 1.165) is 16.9 Å². The molecule has 2 N–H and O–H groups in total. The van der Waals surface area contributed by atoms with Gasteiger partial charge in [0.05, 0.1) is 23.8 Å². The van der Waals surface area contributed by atoms with Crippen LogP contribution in [-0.2, 0) is 0 Å². The molecule has 5 aromatic rings. The topological polar surface area (TPSA) is 118 Å². The van der Waals surface area contributed by atoms with Crippen molar-refractivity contribution in [3.05, 3.63) is 77.3 Å². The van der Waals surface area contributed by atoms with Crippen LogP contribution in [0.25, 0.3) is 27.2 Å². The standard InChI is InChI=1S/C23H16N4O4S/c1-30-15-9-5-6-13(12-15)17-11-10-16-18(24)21(32-22(16)25-17)20(28)19-23(29)31-26-27(19)14-7-3-2-4-8-14/h2-12H,1H3,(H2-,24,26,28,29). The second-order valence-corrected chi connectivity index (χ2v) is 7.91. The minimum absolute atomic E-state index is 0.209. The van der Waals surface area contributed by atoms with Crippen molar-refractivity contribution >= 4 is 33.0 Å². The zero-order chi connectivity index (χ0) is 22.2. The molecule has 0 saturated carbocycles. The number of para-hydroxylation sites is 1. The van der Waals surface area contributed by atoms with Gasteiger partial charge in [-0.3, -0.25) is 4.79 Å². The predicted molar refractivity (Wildman–Crippen MR) is 117 cm³/mol. The summed E-state index contributed by atoms with van der Waals surface area (Å²) in [5.41, 5.74) is 8.44. The Morgan fingerprint density at radius 2 is 1.94 bits per heavy atom. The van der Waals surface area contributed by atoms with Crippen molar-refractivity contribution in [3.8, 4) is 28.6 Å². The van der Waals surface area contributed by atoms with Crippen LogP contribution in [0.2, 0.25) is 0 Å². The molecule has 0 atom stereocenters. The Morgan fingerprint density at radius 3 is 2.72 bits per heavy atom. The zero-order valence-corrected chi connectivity index (χ0v) is 17.6. The lowest BCUT2D eigenvalue weighted by molar-refractivity contribution is -0.672. The van der Waals surface area contributed by atoms with Gasteiger partial charge in [0.2, 0.25) is 5.69 Å². The van der Waals surface area contributed by atoms with Crippen LogP contribution in [0.1, 0.15) is 15.4 Å². The van der Waals surface area contributed by atoms with Gasteiger partial charge in [0.1, 0.15) is 15.5 Å². The van der Waals surface area contributed by atoms with E-state index >= 15 is 0 Å². The number of carbonyl (C=O) groups is 1. The van der Waals surface area contributed by atoms with Gasteiger partial charge in [0.15, 0.2) is 5.95 Å². The van der Waals surface area contributed by atoms with E-state index in [4.69, 9.17) is 15.0 Å². The van der Waals surface area contributed by atoms with Crippen LogP contribution in [0.15, 0.2) is 71.3 Å². The number of nitrogens with zero attached hydrogens (tertiary/aromatic N) is 3. The molecular formula is C23H16N4O4S. The van der Waals surface area contributed by atoms with Crippen LogP contribution in [-0.4, -0.2) is 23.1 Å². The number of thiophene rings is 1. The number of anilines is 1. The first-order valence-electron chi connectivity index (χ1n) is 9.59. The highest BCUT2D eigenvalue weighted by Gasteiger charge is 2.32. The number of ether oxygens (including phenoxy) is 1. The van der Waals surface area contributed by atoms with E-state index in [9.17, 15) is 9.90 Å². The summed E-state index contributed by atoms with van der Waals surface area (Å²) >= 11 is 1.12. The van der Waals surface area contributed by atoms with Crippen LogP contribution in [0.5, 0.6) is 11.7 Å². The Hall–Kier alpha value is -4.24. The van der Waals surface area contributed by atoms with E-state index in [1.807, 2.05) is 42.5 Å². The van der Waals surface area contributed by atoms with Crippen molar-refractivity contribution in [2.24, 2.45) is 0 Å². The largest absolute Gasteiger partial charge is 0.539 e. The number of hydrogen-bond donors (Lipinski definition) is 1. The maximum absolute atomic E-state index is 13.3. The molecule has 8 nitrogen and oxygen atoms in total. The fourth-order valence-electron chi connectivity index (χ4n) is 3.40. The van der Waals surface area contributed by atoms with Crippen LogP contribution < -0.4 is 20.3 Å². The van der Waals surface area contributed by atoms with E-state index in [-0.39, 0.29) is 16.3 Å². The van der Waals surface area contributed by atoms with Crippen LogP contribution in [0.4, 0.5) is 5.69 Å². The van der Waals surface area contributed by atoms with Gasteiger partial charge in [-0.1, -0.05) is 30.3 Å². The Morgan fingerprint density at radius 1 is 1.12 bits per heavy atom. The molecule has 0 aliphatic carbocycles. The Bertz CT molecular complexity index is 1460. The first-order valence-corrected chi connectivity index (χ1v) is 10.4. The third kappa shape index (κ3) is 3.25. The maximum atomic E-state index is 13.3. The molecule has 3 aromatic heterocycles. The first kappa shape index (κ1) is 19.7. The lowest BCUT2D eigenvalue weighted by atomic mass is 10.1. The van der Waals surface area contributed by atoms with Crippen molar-refractivity contribution < 1.29 is 23.8 Å². The van der Waals surface area contributed by atoms with E-state index in [0.29, 0.717) is 27.3 Å². The van der Waals surface area contributed by atoms with E-state index < -0.39 is 11.7 Å². The average molecular weight is 444 g/mol. The second kappa shape index (κ2) is 7.78. The molecule has 0 fully saturated rings. The van der Waals surface area contributed by atoms with Gasteiger partial charge in [-0.25, -0.2) is 4.98 Å². The normalized spacial score (nSPS) is 11.0. The molecule has 0 aliphatic rings. The number of nitrogens with two attached hydrogens (primary N) is 1. The summed E-state index contributed by atoms with van der Waals surface area (Å²) in [6.45, 7) is 0. The number of benzene rings is 2. The lowest BCUT2D eigenvalue weighted by Crippen LogP contribution is -2.39. The predicted octanol–water partition coefficient (Wildman–Crippen LogP) is 3.12. The van der Waals surface area contributed by atoms with Gasteiger partial charge in [-0.05, 0) is 28.9 Å². The van der Waals surface area contributed by atoms with Gasteiger partial charge in [-0.2, -0.15) is 0 Å². The minimum atomic E-state index is -0.833. The molecule has 0 saturated heterocycles. The molecule has 0 bridgehead atoms. The molecule has 2 aromatic carbocycles. The van der Waals surface area contributed by atoms with Crippen molar-refractivity contribution in [2.45, 2.75) is 0 Å². The van der Waals surface area contributed by atoms with E-state index in [2.05, 4.69) is 10.3 Å². The van der Waals surface area contributed by atoms with Gasteiger partial charge in [0.25, 0.3) is 5.78 Å². The summed E-state index contributed by atoms with van der Waals surface area (Å²) in [5.74, 6) is -0.684. The SMILES string of the molecule is COc1cccc(-c2ccc3c(N)c(C(=O)c4c([O-])on[n+]4-c4ccccc4)sc3n2)c1. The third-order valence-electron chi connectivity index (χ3n) is 4.99. The second-order valence-electron chi connectivity index (χ2n) is 6.91. The number of ketones is 1. The number of fused-ring (bicyclic) bond motifs is 1. The van der Waals surface area contributed by atoms with Crippen LogP contribution >= 0.6 is 11.3 Å². The van der Waals surface area contributed by atoms with Gasteiger partial charge < -0.3 is 20.1 Å². The summed E-state index contributed by atoms with van der Waals surface area (Å²) in [7, 11) is 1.60. The first-order chi connectivity index (χ1) is 15.6. The molecule has 3 heterocycles. The Balaban J connectivity index is 1.59. The number of carbonyl (C=O) groups excluding carboxylic acids is 1. The third-order valence-corrected chi connectivity index (χ3v) is 6.11. The Kier molecular flexibility index (Phi) is 4.79. The van der Waals surface area contributed by atoms with Gasteiger partial charge in [-0.15, -0.1) is 11.3 Å². The summed E-state index contributed by atoms with van der Waals surface area (Å²) in [6.07, 6.45) is 0. The van der Waals surface area contributed by atoms with Crippen molar-refractivity contribution in [1.29, 1.82) is 0 Å². The number of pyridine rings is 1. The summed E-state index contributed by atoms with van der Waals surface area (Å²) in [5, 5.41) is 16.7. The fraction of sp³-hybridized carbons (Fsp3) is 0.0435. The highest BCUT2D eigenvalue weighted by atomic mass is 32.1. The smallest absolute Gasteiger partial charge is 0.312 e. The number of methoxy groups -OCH3 is 1. The van der Waals surface area contributed by atoms with Crippen molar-refractivity contribution in [2.75, 3.05) is 12.8 Å². The summed E-state index contributed by atoms with van der Waals surface area (Å²) in [4.78, 5) is 18.8. The number of nitrogen functional groups attached to an aromatic ring is 1. The molecule has 0 radical (unpaired) electrons. The Labute approximate surface area is 186 Å².